The van der Waals surface area contributed by atoms with Crippen LogP contribution in [-0.2, 0) is 0 Å². The van der Waals surface area contributed by atoms with Gasteiger partial charge in [0.15, 0.2) is 0 Å². The van der Waals surface area contributed by atoms with Crippen molar-refractivity contribution >= 4 is 39.7 Å². The fraction of sp³-hybridized carbons (Fsp3) is 1.00. The molecule has 0 atom stereocenters. The second-order valence-corrected chi connectivity index (χ2v) is 11.7. The van der Waals surface area contributed by atoms with Crippen molar-refractivity contribution in [3.8, 4) is 0 Å². The summed E-state index contributed by atoms with van der Waals surface area (Å²) in [7, 11) is 0. The zero-order valence-corrected chi connectivity index (χ0v) is 12.6. The third kappa shape index (κ3) is 11.5. The van der Waals surface area contributed by atoms with E-state index in [9.17, 15) is 0 Å². The van der Waals surface area contributed by atoms with E-state index in [4.69, 9.17) is 11.2 Å². The van der Waals surface area contributed by atoms with Crippen LogP contribution >= 0.6 is 39.7 Å². The number of unbranched alkanes of at least 4 members (excludes halogenated alkanes) is 4. The molecule has 0 heterocycles. The lowest BCUT2D eigenvalue weighted by molar-refractivity contribution is 0.779. The number of rotatable bonds is 10. The van der Waals surface area contributed by atoms with Gasteiger partial charge >= 0.3 is 0 Å². The van der Waals surface area contributed by atoms with Crippen LogP contribution in [0.2, 0.25) is 0 Å². The highest BCUT2D eigenvalue weighted by Gasteiger charge is 2.04. The van der Waals surface area contributed by atoms with E-state index < -0.39 is 0 Å². The Balaban J connectivity index is 3.07. The van der Waals surface area contributed by atoms with Crippen LogP contribution in [-0.4, -0.2) is 11.5 Å². The van der Waals surface area contributed by atoms with Gasteiger partial charge in [-0.25, -0.2) is 0 Å². The normalized spacial score (nSPS) is 11.1. The van der Waals surface area contributed by atoms with Crippen LogP contribution in [0.15, 0.2) is 0 Å². The van der Waals surface area contributed by atoms with E-state index >= 15 is 0 Å². The fourth-order valence-corrected chi connectivity index (χ4v) is 7.16. The van der Waals surface area contributed by atoms with Gasteiger partial charge in [0.25, 0.3) is 0 Å². The molecule has 0 saturated carbocycles. The minimum Gasteiger partial charge on any atom is -0.107 e. The van der Waals surface area contributed by atoms with Crippen molar-refractivity contribution in [1.29, 1.82) is 0 Å². The molecule has 0 bridgehead atoms. The van der Waals surface area contributed by atoms with Gasteiger partial charge in [-0.3, -0.25) is 0 Å². The highest BCUT2D eigenvalue weighted by Crippen LogP contribution is 2.65. The quantitative estimate of drug-likeness (QED) is 0.338. The van der Waals surface area contributed by atoms with Gasteiger partial charge in [-0.05, 0) is 24.3 Å². The van der Waals surface area contributed by atoms with Crippen LogP contribution in [0, 0.1) is 0 Å². The summed E-state index contributed by atoms with van der Waals surface area (Å²) in [5, 5.41) is 0. The van der Waals surface area contributed by atoms with Gasteiger partial charge in [-0.1, -0.05) is 50.8 Å². The van der Waals surface area contributed by atoms with Crippen molar-refractivity contribution in [3.05, 3.63) is 0 Å². The minimum absolute atomic E-state index is 0.308. The summed E-state index contributed by atoms with van der Waals surface area (Å²) in [6.45, 7) is 4.49. The molecule has 0 rings (SSSR count). The first-order valence-corrected chi connectivity index (χ1v) is 11.0. The van der Waals surface area contributed by atoms with E-state index in [1.54, 1.807) is 0 Å². The summed E-state index contributed by atoms with van der Waals surface area (Å²) in [4.78, 5) is 0. The largest absolute Gasteiger partial charge is 0.109 e. The molecule has 0 aromatic carbocycles. The van der Waals surface area contributed by atoms with E-state index in [0.29, 0.717) is 0 Å². The van der Waals surface area contributed by atoms with Crippen LogP contribution < -0.4 is 0 Å². The first-order chi connectivity index (χ1) is 6.81. The summed E-state index contributed by atoms with van der Waals surface area (Å²) in [6.07, 6.45) is 8.00. The summed E-state index contributed by atoms with van der Waals surface area (Å²) >= 11 is 10.2. The third-order valence-electron chi connectivity index (χ3n) is 1.88. The molecule has 0 aromatic rings. The van der Waals surface area contributed by atoms with Crippen molar-refractivity contribution in [2.24, 2.45) is 0 Å². The van der Waals surface area contributed by atoms with Gasteiger partial charge in [0.1, 0.15) is 5.68 Å². The van der Waals surface area contributed by atoms with Crippen LogP contribution in [0.3, 0.4) is 0 Å². The van der Waals surface area contributed by atoms with E-state index in [0.717, 1.165) is 0 Å². The van der Waals surface area contributed by atoms with E-state index in [-0.39, 0.29) is 5.68 Å². The topological polar surface area (TPSA) is 0 Å². The van der Waals surface area contributed by atoms with Gasteiger partial charge in [0, 0.05) is 0 Å². The number of halogens is 1. The van der Waals surface area contributed by atoms with Crippen molar-refractivity contribution in [2.45, 2.75) is 52.4 Å². The lowest BCUT2D eigenvalue weighted by Crippen LogP contribution is -1.77. The molecule has 0 saturated heterocycles. The van der Waals surface area contributed by atoms with Crippen LogP contribution in [0.25, 0.3) is 0 Å². The van der Waals surface area contributed by atoms with Gasteiger partial charge in [-0.2, -0.15) is 0 Å². The Morgan fingerprint density at radius 2 is 1.29 bits per heavy atom. The minimum atomic E-state index is -0.308. The van der Waals surface area contributed by atoms with E-state index in [1.165, 1.54) is 50.0 Å². The van der Waals surface area contributed by atoms with E-state index in [1.807, 2.05) is 22.8 Å². The molecule has 14 heavy (non-hydrogen) atoms. The molecule has 0 aromatic heterocycles. The smallest absolute Gasteiger partial charge is 0.107 e. The first kappa shape index (κ1) is 15.4. The number of hydrogen-bond acceptors (Lipinski definition) is 2. The second kappa shape index (κ2) is 12.5. The molecule has 0 fully saturated rings. The predicted octanol–water partition coefficient (Wildman–Crippen LogP) is 6.30. The molecule has 0 nitrogen and oxygen atoms in total. The molecular formula is C10H22ClPS2. The fourth-order valence-electron chi connectivity index (χ4n) is 1.01. The first-order valence-electron chi connectivity index (χ1n) is 5.53. The van der Waals surface area contributed by atoms with Crippen molar-refractivity contribution in [3.63, 3.8) is 0 Å². The molecule has 0 radical (unpaired) electrons. The zero-order chi connectivity index (χ0) is 10.6. The molecule has 0 spiro atoms. The standard InChI is InChI=1S/C10H22ClPS2/c1-3-5-7-9-13-12(11)14-10-8-6-4-2/h3-10H2,1-2H3. The molecular weight excluding hydrogens is 251 g/mol. The zero-order valence-electron chi connectivity index (χ0n) is 9.30. The molecule has 0 amide bonds. The highest BCUT2D eigenvalue weighted by molar-refractivity contribution is 8.94. The average molecular weight is 273 g/mol. The molecule has 0 N–H and O–H groups in total. The Bertz CT molecular complexity index is 102. The summed E-state index contributed by atoms with van der Waals surface area (Å²) in [5.41, 5.74) is -0.308. The van der Waals surface area contributed by atoms with Crippen molar-refractivity contribution in [2.75, 3.05) is 11.5 Å². The number of hydrogen-bond donors (Lipinski definition) is 0. The van der Waals surface area contributed by atoms with Crippen molar-refractivity contribution < 1.29 is 0 Å². The maximum absolute atomic E-state index is 6.23. The highest BCUT2D eigenvalue weighted by atomic mass is 35.7. The maximum Gasteiger partial charge on any atom is 0.109 e. The molecule has 0 aliphatic heterocycles. The lowest BCUT2D eigenvalue weighted by atomic mass is 10.3. The predicted molar refractivity (Wildman–Crippen MR) is 76.7 cm³/mol. The Labute approximate surface area is 103 Å². The molecule has 0 aliphatic carbocycles. The Hall–Kier alpha value is 1.42. The van der Waals surface area contributed by atoms with Crippen LogP contribution in [0.1, 0.15) is 52.4 Å². The maximum atomic E-state index is 6.23. The Morgan fingerprint density at radius 3 is 1.64 bits per heavy atom. The van der Waals surface area contributed by atoms with Crippen LogP contribution in [0.4, 0.5) is 0 Å². The molecule has 0 aliphatic rings. The Kier molecular flexibility index (Phi) is 13.8. The summed E-state index contributed by atoms with van der Waals surface area (Å²) in [5.74, 6) is 2.51. The monoisotopic (exact) mass is 272 g/mol. The molecule has 0 unspecified atom stereocenters. The summed E-state index contributed by atoms with van der Waals surface area (Å²) in [6, 6.07) is 0. The Morgan fingerprint density at radius 1 is 0.857 bits per heavy atom. The summed E-state index contributed by atoms with van der Waals surface area (Å²) < 4.78 is 0. The molecule has 86 valence electrons. The molecule has 4 heteroatoms. The SMILES string of the molecule is CCCCCSP(Cl)SCCCCC. The average Bonchev–Trinajstić information content (AvgIpc) is 2.19. The van der Waals surface area contributed by atoms with Gasteiger partial charge in [0.2, 0.25) is 0 Å². The van der Waals surface area contributed by atoms with E-state index in [2.05, 4.69) is 13.8 Å². The van der Waals surface area contributed by atoms with Gasteiger partial charge in [-0.15, -0.1) is 22.8 Å². The van der Waals surface area contributed by atoms with Gasteiger partial charge in [0.05, 0.1) is 0 Å². The van der Waals surface area contributed by atoms with Crippen LogP contribution in [0.5, 0.6) is 0 Å². The lowest BCUT2D eigenvalue weighted by Gasteiger charge is -2.07. The van der Waals surface area contributed by atoms with Crippen molar-refractivity contribution in [1.82, 2.24) is 0 Å². The second-order valence-electron chi connectivity index (χ2n) is 3.29. The third-order valence-corrected chi connectivity index (χ3v) is 9.20. The van der Waals surface area contributed by atoms with Gasteiger partial charge < -0.3 is 0 Å².